The zero-order chi connectivity index (χ0) is 14.9. The number of thiazole rings is 1. The quantitative estimate of drug-likeness (QED) is 0.886. The fourth-order valence-corrected chi connectivity index (χ4v) is 3.32. The molecule has 0 bridgehead atoms. The number of nitrogens with one attached hydrogen (secondary N) is 1. The van der Waals surface area contributed by atoms with Crippen molar-refractivity contribution < 1.29 is 9.32 Å². The summed E-state index contributed by atoms with van der Waals surface area (Å²) in [7, 11) is 0. The summed E-state index contributed by atoms with van der Waals surface area (Å²) in [5.74, 6) is 0.847. The number of carbonyl (C=O) groups is 1. The van der Waals surface area contributed by atoms with Gasteiger partial charge in [0.1, 0.15) is 16.2 Å². The van der Waals surface area contributed by atoms with Crippen LogP contribution in [-0.4, -0.2) is 21.0 Å². The summed E-state index contributed by atoms with van der Waals surface area (Å²) in [6.45, 7) is 2.09. The van der Waals surface area contributed by atoms with Gasteiger partial charge in [0.15, 0.2) is 5.82 Å². The van der Waals surface area contributed by atoms with Crippen LogP contribution in [0.3, 0.4) is 0 Å². The lowest BCUT2D eigenvalue weighted by molar-refractivity contribution is 0.0887. The first-order valence-corrected chi connectivity index (χ1v) is 7.79. The lowest BCUT2D eigenvalue weighted by Crippen LogP contribution is -2.44. The molecule has 0 aromatic carbocycles. The van der Waals surface area contributed by atoms with Gasteiger partial charge in [-0.15, -0.1) is 11.3 Å². The Morgan fingerprint density at radius 1 is 1.48 bits per heavy atom. The Labute approximate surface area is 125 Å². The highest BCUT2D eigenvalue weighted by molar-refractivity contribution is 7.09. The molecule has 0 unspecified atom stereocenters. The Morgan fingerprint density at radius 3 is 2.81 bits per heavy atom. The second-order valence-electron chi connectivity index (χ2n) is 5.21. The monoisotopic (exact) mass is 307 g/mol. The summed E-state index contributed by atoms with van der Waals surface area (Å²) in [6.07, 6.45) is 3.68. The van der Waals surface area contributed by atoms with Crippen molar-refractivity contribution in [1.82, 2.24) is 20.4 Å². The molecule has 1 saturated carbocycles. The van der Waals surface area contributed by atoms with Crippen LogP contribution in [0.4, 0.5) is 0 Å². The van der Waals surface area contributed by atoms with Crippen LogP contribution in [0.5, 0.6) is 0 Å². The molecule has 3 rings (SSSR count). The molecular formula is C13H17N5O2S. The molecule has 0 aliphatic heterocycles. The van der Waals surface area contributed by atoms with E-state index in [0.717, 1.165) is 30.7 Å². The van der Waals surface area contributed by atoms with Gasteiger partial charge in [-0.05, 0) is 12.8 Å². The number of carbonyl (C=O) groups excluding carboxylic acids is 1. The molecule has 1 fully saturated rings. The minimum atomic E-state index is -0.540. The summed E-state index contributed by atoms with van der Waals surface area (Å²) in [6, 6.07) is 0. The van der Waals surface area contributed by atoms with Gasteiger partial charge < -0.3 is 15.6 Å². The third-order valence-corrected chi connectivity index (χ3v) is 4.60. The Bertz CT molecular complexity index is 645. The number of nitrogens with zero attached hydrogens (tertiary/aromatic N) is 3. The van der Waals surface area contributed by atoms with Crippen molar-refractivity contribution in [2.45, 2.75) is 44.7 Å². The van der Waals surface area contributed by atoms with Crippen molar-refractivity contribution in [3.05, 3.63) is 27.8 Å². The van der Waals surface area contributed by atoms with E-state index in [4.69, 9.17) is 10.3 Å². The molecule has 112 valence electrons. The van der Waals surface area contributed by atoms with Crippen LogP contribution in [0.25, 0.3) is 0 Å². The van der Waals surface area contributed by atoms with Crippen molar-refractivity contribution in [3.8, 4) is 0 Å². The van der Waals surface area contributed by atoms with Gasteiger partial charge >= 0.3 is 0 Å². The molecule has 3 N–H and O–H groups in total. The van der Waals surface area contributed by atoms with Crippen molar-refractivity contribution in [3.63, 3.8) is 0 Å². The summed E-state index contributed by atoms with van der Waals surface area (Å²) in [5, 5.41) is 9.52. The SMILES string of the molecule is Cc1nc(C2(NC(=O)c3csc(CN)n3)CCCC2)no1. The van der Waals surface area contributed by atoms with Crippen molar-refractivity contribution >= 4 is 17.2 Å². The van der Waals surface area contributed by atoms with Gasteiger partial charge in [-0.1, -0.05) is 18.0 Å². The predicted octanol–water partition coefficient (Wildman–Crippen LogP) is 1.49. The van der Waals surface area contributed by atoms with Crippen molar-refractivity contribution in [1.29, 1.82) is 0 Å². The zero-order valence-corrected chi connectivity index (χ0v) is 12.6. The fraction of sp³-hybridized carbons (Fsp3) is 0.538. The molecule has 1 aliphatic carbocycles. The van der Waals surface area contributed by atoms with Gasteiger partial charge in [0, 0.05) is 18.8 Å². The molecule has 21 heavy (non-hydrogen) atoms. The van der Waals surface area contributed by atoms with E-state index in [1.165, 1.54) is 11.3 Å². The number of amides is 1. The van der Waals surface area contributed by atoms with E-state index in [1.54, 1.807) is 12.3 Å². The van der Waals surface area contributed by atoms with Crippen LogP contribution in [0.2, 0.25) is 0 Å². The molecule has 2 aromatic heterocycles. The molecular weight excluding hydrogens is 290 g/mol. The lowest BCUT2D eigenvalue weighted by Gasteiger charge is -2.26. The van der Waals surface area contributed by atoms with Gasteiger partial charge in [-0.3, -0.25) is 4.79 Å². The smallest absolute Gasteiger partial charge is 0.271 e. The first kappa shape index (κ1) is 14.2. The second-order valence-corrected chi connectivity index (χ2v) is 6.15. The van der Waals surface area contributed by atoms with E-state index in [1.807, 2.05) is 0 Å². The van der Waals surface area contributed by atoms with Gasteiger partial charge in [0.2, 0.25) is 5.89 Å². The van der Waals surface area contributed by atoms with E-state index in [9.17, 15) is 4.79 Å². The molecule has 7 nitrogen and oxygen atoms in total. The largest absolute Gasteiger partial charge is 0.340 e. The number of rotatable bonds is 4. The average molecular weight is 307 g/mol. The standard InChI is InChI=1S/C13H17N5O2S/c1-8-15-12(18-20-8)13(4-2-3-5-13)17-11(19)9-7-21-10(6-14)16-9/h7H,2-6,14H2,1H3,(H,17,19). The van der Waals surface area contributed by atoms with Crippen molar-refractivity contribution in [2.75, 3.05) is 0 Å². The molecule has 1 aliphatic rings. The first-order chi connectivity index (χ1) is 10.1. The van der Waals surface area contributed by atoms with E-state index < -0.39 is 5.54 Å². The van der Waals surface area contributed by atoms with Crippen LogP contribution in [-0.2, 0) is 12.1 Å². The van der Waals surface area contributed by atoms with Gasteiger partial charge in [0.25, 0.3) is 5.91 Å². The summed E-state index contributed by atoms with van der Waals surface area (Å²) >= 11 is 1.39. The number of aromatic nitrogens is 3. The van der Waals surface area contributed by atoms with E-state index in [2.05, 4.69) is 20.4 Å². The van der Waals surface area contributed by atoms with Crippen LogP contribution in [0, 0.1) is 6.92 Å². The molecule has 0 spiro atoms. The molecule has 0 radical (unpaired) electrons. The minimum Gasteiger partial charge on any atom is -0.340 e. The maximum atomic E-state index is 12.4. The molecule has 0 saturated heterocycles. The van der Waals surface area contributed by atoms with Gasteiger partial charge in [0.05, 0.1) is 0 Å². The normalized spacial score (nSPS) is 17.0. The highest BCUT2D eigenvalue weighted by atomic mass is 32.1. The Kier molecular flexibility index (Phi) is 3.73. The molecule has 8 heteroatoms. The van der Waals surface area contributed by atoms with Gasteiger partial charge in [-0.2, -0.15) is 4.98 Å². The minimum absolute atomic E-state index is 0.213. The second kappa shape index (κ2) is 5.53. The summed E-state index contributed by atoms with van der Waals surface area (Å²) < 4.78 is 5.07. The van der Waals surface area contributed by atoms with Gasteiger partial charge in [-0.25, -0.2) is 4.98 Å². The number of hydrogen-bond acceptors (Lipinski definition) is 7. The van der Waals surface area contributed by atoms with Crippen LogP contribution in [0.15, 0.2) is 9.90 Å². The average Bonchev–Trinajstić information content (AvgIpc) is 3.18. The first-order valence-electron chi connectivity index (χ1n) is 6.91. The predicted molar refractivity (Wildman–Crippen MR) is 76.7 cm³/mol. The molecule has 2 heterocycles. The maximum Gasteiger partial charge on any atom is 0.271 e. The topological polar surface area (TPSA) is 107 Å². The fourth-order valence-electron chi connectivity index (χ4n) is 2.67. The summed E-state index contributed by atoms with van der Waals surface area (Å²) in [4.78, 5) is 20.9. The van der Waals surface area contributed by atoms with E-state index in [0.29, 0.717) is 24.0 Å². The van der Waals surface area contributed by atoms with Crippen LogP contribution < -0.4 is 11.1 Å². The highest BCUT2D eigenvalue weighted by Crippen LogP contribution is 2.37. The Morgan fingerprint density at radius 2 is 2.24 bits per heavy atom. The van der Waals surface area contributed by atoms with E-state index in [-0.39, 0.29) is 5.91 Å². The molecule has 1 amide bonds. The number of nitrogens with two attached hydrogens (primary N) is 1. The van der Waals surface area contributed by atoms with Crippen molar-refractivity contribution in [2.24, 2.45) is 5.73 Å². The Balaban J connectivity index is 1.84. The number of hydrogen-bond donors (Lipinski definition) is 2. The molecule has 2 aromatic rings. The molecule has 0 atom stereocenters. The van der Waals surface area contributed by atoms with E-state index >= 15 is 0 Å². The lowest BCUT2D eigenvalue weighted by atomic mass is 9.96. The number of aryl methyl sites for hydroxylation is 1. The highest BCUT2D eigenvalue weighted by Gasteiger charge is 2.41. The summed E-state index contributed by atoms with van der Waals surface area (Å²) in [5.41, 5.74) is 5.39. The zero-order valence-electron chi connectivity index (χ0n) is 11.8. The maximum absolute atomic E-state index is 12.4. The third kappa shape index (κ3) is 2.68. The third-order valence-electron chi connectivity index (χ3n) is 3.72. The Hall–Kier alpha value is -1.80. The van der Waals surface area contributed by atoms with Crippen LogP contribution in [0.1, 0.15) is 52.9 Å². The van der Waals surface area contributed by atoms with Crippen LogP contribution >= 0.6 is 11.3 Å².